The molecule has 1 aliphatic heterocycles. The van der Waals surface area contributed by atoms with Crippen molar-refractivity contribution in [2.75, 3.05) is 18.1 Å². The number of nitrogens with zero attached hydrogens (tertiary/aromatic N) is 4. The van der Waals surface area contributed by atoms with Gasteiger partial charge in [-0.1, -0.05) is 25.1 Å². The first-order valence-corrected chi connectivity index (χ1v) is 15.3. The number of unbranched alkanes of at least 4 members (excludes halogenated alkanes) is 1. The zero-order valence-corrected chi connectivity index (χ0v) is 21.7. The number of ether oxygens (including phenoxy) is 1. The molecule has 0 radical (unpaired) electrons. The first kappa shape index (κ1) is 29.5. The maximum absolute atomic E-state index is 11.7. The lowest BCUT2D eigenvalue weighted by molar-refractivity contribution is -0.339. The zero-order valence-electron chi connectivity index (χ0n) is 18.2. The summed E-state index contributed by atoms with van der Waals surface area (Å²) < 4.78 is 50.9. The van der Waals surface area contributed by atoms with Gasteiger partial charge in [0.2, 0.25) is 0 Å². The van der Waals surface area contributed by atoms with E-state index in [1.165, 1.54) is 22.7 Å². The number of hydrogen-bond donors (Lipinski definition) is 3. The molecule has 2 aromatic rings. The second-order valence-corrected chi connectivity index (χ2v) is 12.6. The molecule has 18 nitrogen and oxygen atoms in total. The fourth-order valence-electron chi connectivity index (χ4n) is 3.02. The van der Waals surface area contributed by atoms with E-state index in [-0.39, 0.29) is 17.0 Å². The predicted molar refractivity (Wildman–Crippen MR) is 112 cm³/mol. The maximum atomic E-state index is 11.7. The molecule has 22 heteroatoms. The van der Waals surface area contributed by atoms with E-state index in [2.05, 4.69) is 28.1 Å². The van der Waals surface area contributed by atoms with E-state index in [1.54, 1.807) is 0 Å². The van der Waals surface area contributed by atoms with Gasteiger partial charge < -0.3 is 49.3 Å². The summed E-state index contributed by atoms with van der Waals surface area (Å²) in [6, 6.07) is 0. The monoisotopic (exact) mass is 591 g/mol. The third-order valence-corrected chi connectivity index (χ3v) is 9.16. The van der Waals surface area contributed by atoms with Crippen molar-refractivity contribution in [3.05, 3.63) is 6.33 Å². The maximum Gasteiger partial charge on any atom is 0.278 e. The Labute approximate surface area is 207 Å². The molecule has 1 fully saturated rings. The van der Waals surface area contributed by atoms with Crippen LogP contribution in [-0.2, 0) is 31.6 Å². The molecular weight excluding hydrogens is 571 g/mol. The number of nitrogens with two attached hydrogens (primary N) is 1. The number of fused-ring (bicyclic) bond motifs is 1. The van der Waals surface area contributed by atoms with Crippen molar-refractivity contribution in [1.82, 2.24) is 19.5 Å². The van der Waals surface area contributed by atoms with E-state index in [0.29, 0.717) is 5.16 Å². The minimum atomic E-state index is -6.16. The predicted octanol–water partition coefficient (Wildman–Crippen LogP) is -2.26. The molecule has 0 saturated carbocycles. The molecule has 3 heterocycles. The van der Waals surface area contributed by atoms with Crippen LogP contribution in [0.25, 0.3) is 11.2 Å². The Morgan fingerprint density at radius 2 is 1.83 bits per heavy atom. The Kier molecular flexibility index (Phi) is 9.35. The van der Waals surface area contributed by atoms with E-state index < -0.39 is 54.6 Å². The third-order valence-electron chi connectivity index (χ3n) is 4.57. The molecule has 204 valence electrons. The lowest BCUT2D eigenvalue weighted by atomic mass is 10.1. The van der Waals surface area contributed by atoms with Crippen molar-refractivity contribution in [1.29, 1.82) is 0 Å². The minimum absolute atomic E-state index is 0.0556. The molecule has 6 atom stereocenters. The van der Waals surface area contributed by atoms with Gasteiger partial charge in [0.15, 0.2) is 22.8 Å². The number of aromatic nitrogens is 4. The number of nitrogen functional groups attached to an aromatic ring is 1. The third kappa shape index (κ3) is 7.52. The van der Waals surface area contributed by atoms with Crippen LogP contribution < -0.4 is 25.3 Å². The van der Waals surface area contributed by atoms with Crippen LogP contribution in [0, 0.1) is 0 Å². The average Bonchev–Trinajstić information content (AvgIpc) is 3.26. The van der Waals surface area contributed by atoms with Crippen LogP contribution in [0.15, 0.2) is 11.5 Å². The number of hydrogen-bond acceptors (Lipinski definition) is 18. The summed E-state index contributed by atoms with van der Waals surface area (Å²) in [7, 11) is -18.1. The lowest BCUT2D eigenvalue weighted by Crippen LogP contribution is -2.34. The van der Waals surface area contributed by atoms with Crippen molar-refractivity contribution in [3.8, 4) is 0 Å². The molecule has 1 saturated heterocycles. The number of thioether (sulfide) groups is 1. The van der Waals surface area contributed by atoms with Gasteiger partial charge in [-0.25, -0.2) is 19.3 Å². The lowest BCUT2D eigenvalue weighted by Gasteiger charge is -2.37. The summed E-state index contributed by atoms with van der Waals surface area (Å²) in [6.07, 6.45) is -3.25. The number of anilines is 1. The molecule has 1 aliphatic rings. The molecule has 0 aliphatic carbocycles. The average molecular weight is 591 g/mol. The van der Waals surface area contributed by atoms with E-state index in [4.69, 9.17) is 10.5 Å². The van der Waals surface area contributed by atoms with Crippen LogP contribution in [0.5, 0.6) is 0 Å². The van der Waals surface area contributed by atoms with Crippen molar-refractivity contribution in [2.24, 2.45) is 0 Å². The second-order valence-electron chi connectivity index (χ2n) is 7.26. The molecule has 4 N–H and O–H groups in total. The fourth-order valence-corrected chi connectivity index (χ4v) is 6.82. The van der Waals surface area contributed by atoms with Crippen LogP contribution in [-0.4, -0.2) is 60.4 Å². The van der Waals surface area contributed by atoms with Gasteiger partial charge >= 0.3 is 0 Å². The topological polar surface area (TPSA) is 290 Å². The van der Waals surface area contributed by atoms with E-state index in [9.17, 15) is 43.5 Å². The molecule has 0 aromatic carbocycles. The Hall–Kier alpha value is -1.01. The van der Waals surface area contributed by atoms with Crippen molar-refractivity contribution < 1.29 is 61.4 Å². The zero-order chi connectivity index (χ0) is 26.9. The van der Waals surface area contributed by atoms with Crippen molar-refractivity contribution in [2.45, 2.75) is 49.5 Å². The quantitative estimate of drug-likeness (QED) is 0.101. The van der Waals surface area contributed by atoms with Gasteiger partial charge in [0.05, 0.1) is 20.8 Å². The van der Waals surface area contributed by atoms with Crippen LogP contribution in [0.4, 0.5) is 5.82 Å². The second kappa shape index (κ2) is 11.4. The van der Waals surface area contributed by atoms with Crippen LogP contribution in [0.1, 0.15) is 26.0 Å². The molecule has 0 bridgehead atoms. The van der Waals surface area contributed by atoms with E-state index >= 15 is 0 Å². The fraction of sp³-hybridized carbons (Fsp3) is 0.643. The Morgan fingerprint density at radius 3 is 2.47 bits per heavy atom. The van der Waals surface area contributed by atoms with E-state index in [1.807, 2.05) is 6.92 Å². The molecule has 3 rings (SSSR count). The van der Waals surface area contributed by atoms with Crippen molar-refractivity contribution >= 4 is 52.2 Å². The van der Waals surface area contributed by atoms with Gasteiger partial charge in [0.1, 0.15) is 23.8 Å². The van der Waals surface area contributed by atoms with Gasteiger partial charge in [-0.15, -0.1) is 0 Å². The van der Waals surface area contributed by atoms with Gasteiger partial charge in [-0.2, -0.15) is 0 Å². The number of rotatable bonds is 12. The Balaban J connectivity index is 1.73. The SMILES string of the molecule is CCCCSc1nc(N)c2ncn([C@@H]3O[C@H](COP(=O)([O-])OP(=O)([O-])OP(=O)([O-])[O-])[C@@H](O)[C@H]3O)c2n1. The van der Waals surface area contributed by atoms with Gasteiger partial charge in [-0.3, -0.25) is 18.0 Å². The highest BCUT2D eigenvalue weighted by atomic mass is 32.2. The number of imidazole rings is 1. The Morgan fingerprint density at radius 1 is 1.14 bits per heavy atom. The highest BCUT2D eigenvalue weighted by molar-refractivity contribution is 7.99. The van der Waals surface area contributed by atoms with Crippen molar-refractivity contribution in [3.63, 3.8) is 0 Å². The number of phosphoric ester groups is 1. The summed E-state index contributed by atoms with van der Waals surface area (Å²) >= 11 is 1.34. The summed E-state index contributed by atoms with van der Waals surface area (Å²) in [6.45, 7) is 0.935. The summed E-state index contributed by atoms with van der Waals surface area (Å²) in [5, 5.41) is 21.1. The van der Waals surface area contributed by atoms with Gasteiger partial charge in [0, 0.05) is 5.75 Å². The number of aliphatic hydroxyl groups is 2. The van der Waals surface area contributed by atoms with Crippen LogP contribution in [0.2, 0.25) is 0 Å². The largest absolute Gasteiger partial charge is 0.790 e. The number of phosphoric acid groups is 3. The van der Waals surface area contributed by atoms with E-state index in [0.717, 1.165) is 18.6 Å². The summed E-state index contributed by atoms with van der Waals surface area (Å²) in [4.78, 5) is 56.3. The highest BCUT2D eigenvalue weighted by Gasteiger charge is 2.45. The normalized spacial score (nSPS) is 26.2. The standard InChI is InChI=1S/C14H24N5O13P3S/c1-2-3-4-36-14-17-11(15)8-12(18-14)19(6-16-8)13-10(21)9(20)7(30-13)5-29-34(25,26)32-35(27,28)31-33(22,23)24/h6-7,9-10,13,20-21H,2-5H2,1H3,(H,25,26)(H,27,28)(H2,15,17,18)(H2,22,23,24)/p-4/t7-,9-,10-,13-/m1/s1. The molecule has 0 spiro atoms. The first-order chi connectivity index (χ1) is 16.6. The highest BCUT2D eigenvalue weighted by Crippen LogP contribution is 2.60. The molecule has 36 heavy (non-hydrogen) atoms. The van der Waals surface area contributed by atoms with Crippen LogP contribution >= 0.6 is 35.2 Å². The first-order valence-electron chi connectivity index (χ1n) is 9.98. The molecule has 2 unspecified atom stereocenters. The summed E-state index contributed by atoms with van der Waals surface area (Å²) in [5.74, 6) is 0.774. The molecule has 2 aromatic heterocycles. The van der Waals surface area contributed by atoms with Gasteiger partial charge in [-0.05, 0) is 6.42 Å². The minimum Gasteiger partial charge on any atom is -0.790 e. The van der Waals surface area contributed by atoms with Gasteiger partial charge in [0.25, 0.3) is 15.6 Å². The Bertz CT molecular complexity index is 1230. The number of aliphatic hydroxyl groups excluding tert-OH is 2. The summed E-state index contributed by atoms with van der Waals surface area (Å²) in [5.41, 5.74) is 6.27. The smallest absolute Gasteiger partial charge is 0.278 e. The molecular formula is C14H20N5O13P3S-4. The van der Waals surface area contributed by atoms with Crippen LogP contribution in [0.3, 0.4) is 0 Å². The molecule has 0 amide bonds.